The molecule has 1 atom stereocenters. The minimum Gasteiger partial charge on any atom is -0.443 e. The Balaban J connectivity index is 1.30. The molecule has 1 aliphatic rings. The first-order valence-corrected chi connectivity index (χ1v) is 11.3. The summed E-state index contributed by atoms with van der Waals surface area (Å²) in [6.07, 6.45) is 2.17. The summed E-state index contributed by atoms with van der Waals surface area (Å²) in [5.41, 5.74) is 4.20. The molecular formula is C24H22N4O3S. The van der Waals surface area contributed by atoms with Gasteiger partial charge in [0, 0.05) is 13.1 Å². The Morgan fingerprint density at radius 2 is 2.06 bits per heavy atom. The van der Waals surface area contributed by atoms with Crippen molar-refractivity contribution < 1.29 is 14.0 Å². The van der Waals surface area contributed by atoms with Crippen molar-refractivity contribution >= 4 is 34.3 Å². The van der Waals surface area contributed by atoms with Crippen LogP contribution in [0.5, 0.6) is 0 Å². The predicted octanol–water partition coefficient (Wildman–Crippen LogP) is 4.21. The first-order valence-electron chi connectivity index (χ1n) is 10.5. The maximum absolute atomic E-state index is 13.3. The van der Waals surface area contributed by atoms with Gasteiger partial charge in [-0.15, -0.1) is 11.3 Å². The van der Waals surface area contributed by atoms with Crippen LogP contribution in [-0.4, -0.2) is 45.8 Å². The Bertz CT molecular complexity index is 1330. The third kappa shape index (κ3) is 3.67. The van der Waals surface area contributed by atoms with E-state index in [0.29, 0.717) is 35.4 Å². The zero-order valence-electron chi connectivity index (χ0n) is 17.8. The molecule has 7 nitrogen and oxygen atoms in total. The monoisotopic (exact) mass is 446 g/mol. The molecule has 2 amide bonds. The molecule has 1 saturated heterocycles. The molecule has 32 heavy (non-hydrogen) atoms. The number of thiazole rings is 1. The smallest absolute Gasteiger partial charge is 0.274 e. The number of aryl methyl sites for hydroxylation is 2. The van der Waals surface area contributed by atoms with Gasteiger partial charge in [-0.2, -0.15) is 0 Å². The van der Waals surface area contributed by atoms with Gasteiger partial charge in [-0.1, -0.05) is 35.9 Å². The van der Waals surface area contributed by atoms with Crippen LogP contribution in [0.2, 0.25) is 0 Å². The average Bonchev–Trinajstić information content (AvgIpc) is 3.39. The topological polar surface area (TPSA) is 88.3 Å². The summed E-state index contributed by atoms with van der Waals surface area (Å²) in [4.78, 5) is 37.4. The fourth-order valence-electron chi connectivity index (χ4n) is 3.99. The van der Waals surface area contributed by atoms with Crippen LogP contribution in [0, 0.1) is 13.8 Å². The number of carbonyl (C=O) groups is 2. The van der Waals surface area contributed by atoms with Crippen molar-refractivity contribution in [1.29, 1.82) is 0 Å². The van der Waals surface area contributed by atoms with Crippen molar-refractivity contribution in [3.8, 4) is 10.4 Å². The Morgan fingerprint density at radius 3 is 2.84 bits per heavy atom. The number of fused-ring (bicyclic) bond motifs is 1. The highest BCUT2D eigenvalue weighted by Gasteiger charge is 2.35. The van der Waals surface area contributed by atoms with Crippen molar-refractivity contribution in [3.05, 3.63) is 70.7 Å². The number of hydrogen-bond donors (Lipinski definition) is 1. The summed E-state index contributed by atoms with van der Waals surface area (Å²) in [5.74, 6) is -0.316. The number of nitrogens with zero attached hydrogens (tertiary/aromatic N) is 3. The summed E-state index contributed by atoms with van der Waals surface area (Å²) in [5, 5.41) is 3.80. The highest BCUT2D eigenvalue weighted by atomic mass is 32.1. The van der Waals surface area contributed by atoms with E-state index in [1.54, 1.807) is 23.1 Å². The second kappa shape index (κ2) is 8.20. The lowest BCUT2D eigenvalue weighted by Gasteiger charge is -2.40. The van der Waals surface area contributed by atoms with Gasteiger partial charge < -0.3 is 14.6 Å². The Morgan fingerprint density at radius 1 is 1.22 bits per heavy atom. The molecule has 5 rings (SSSR count). The maximum atomic E-state index is 13.3. The van der Waals surface area contributed by atoms with Crippen molar-refractivity contribution in [1.82, 2.24) is 20.2 Å². The molecular weight excluding hydrogens is 424 g/mol. The Labute approximate surface area is 189 Å². The first kappa shape index (κ1) is 20.4. The van der Waals surface area contributed by atoms with Crippen molar-refractivity contribution in [2.75, 3.05) is 13.1 Å². The molecule has 3 heterocycles. The van der Waals surface area contributed by atoms with Crippen molar-refractivity contribution in [2.24, 2.45) is 0 Å². The number of aromatic nitrogens is 2. The second-order valence-electron chi connectivity index (χ2n) is 7.94. The van der Waals surface area contributed by atoms with E-state index < -0.39 is 0 Å². The normalized spacial score (nSPS) is 15.6. The molecule has 162 valence electrons. The molecule has 0 unspecified atom stereocenters. The molecule has 4 aromatic rings. The fourth-order valence-corrected chi connectivity index (χ4v) is 4.89. The number of nitrogens with one attached hydrogen (secondary N) is 1. The molecule has 0 spiro atoms. The number of para-hydroxylation sites is 1. The lowest BCUT2D eigenvalue weighted by atomic mass is 10.0. The number of carbonyl (C=O) groups excluding carboxylic acids is 2. The minimum absolute atomic E-state index is 0.0599. The van der Waals surface area contributed by atoms with Crippen LogP contribution >= 0.6 is 11.3 Å². The quantitative estimate of drug-likeness (QED) is 0.496. The largest absolute Gasteiger partial charge is 0.443 e. The van der Waals surface area contributed by atoms with Gasteiger partial charge in [-0.3, -0.25) is 9.59 Å². The molecule has 0 saturated carbocycles. The van der Waals surface area contributed by atoms with Crippen LogP contribution in [0.25, 0.3) is 21.5 Å². The second-order valence-corrected chi connectivity index (χ2v) is 9.14. The van der Waals surface area contributed by atoms with Gasteiger partial charge in [0.15, 0.2) is 12.0 Å². The van der Waals surface area contributed by atoms with Crippen molar-refractivity contribution in [3.63, 3.8) is 0 Å². The van der Waals surface area contributed by atoms with Crippen LogP contribution < -0.4 is 5.32 Å². The van der Waals surface area contributed by atoms with Crippen LogP contribution in [0.4, 0.5) is 0 Å². The molecule has 1 N–H and O–H groups in total. The third-order valence-corrected chi connectivity index (χ3v) is 6.75. The van der Waals surface area contributed by atoms with Gasteiger partial charge in [0.25, 0.3) is 11.8 Å². The van der Waals surface area contributed by atoms with Crippen LogP contribution in [-0.2, 0) is 0 Å². The molecule has 0 radical (unpaired) electrons. The summed E-state index contributed by atoms with van der Waals surface area (Å²) in [6.45, 7) is 4.98. The molecule has 2 aromatic heterocycles. The number of amides is 2. The molecule has 1 fully saturated rings. The summed E-state index contributed by atoms with van der Waals surface area (Å²) in [6, 6.07) is 13.3. The van der Waals surface area contributed by atoms with Crippen LogP contribution in [0.1, 0.15) is 37.8 Å². The summed E-state index contributed by atoms with van der Waals surface area (Å²) >= 11 is 1.53. The number of benzene rings is 2. The van der Waals surface area contributed by atoms with Gasteiger partial charge in [0.1, 0.15) is 11.2 Å². The number of hydrogen-bond acceptors (Lipinski definition) is 6. The Kier molecular flexibility index (Phi) is 5.22. The number of rotatable bonds is 5. The zero-order chi connectivity index (χ0) is 22.2. The standard InChI is InChI=1S/C24H22N4O3S/c1-14-5-3-6-16(11-14)22-21(27-15(2)32-22)24(30)28-10-9-17(28)12-25-23(29)18-7-4-8-19-20(18)26-13-31-19/h3-8,11,13,17H,9-10,12H2,1-2H3,(H,25,29)/t17-/m1/s1. The van der Waals surface area contributed by atoms with E-state index in [1.165, 1.54) is 17.7 Å². The van der Waals surface area contributed by atoms with Gasteiger partial charge in [-0.25, -0.2) is 9.97 Å². The third-order valence-electron chi connectivity index (χ3n) is 5.73. The predicted molar refractivity (Wildman–Crippen MR) is 123 cm³/mol. The van der Waals surface area contributed by atoms with E-state index in [1.807, 2.05) is 32.0 Å². The zero-order valence-corrected chi connectivity index (χ0v) is 18.6. The summed E-state index contributed by atoms with van der Waals surface area (Å²) in [7, 11) is 0. The minimum atomic E-state index is -0.228. The summed E-state index contributed by atoms with van der Waals surface area (Å²) < 4.78 is 5.27. The lowest BCUT2D eigenvalue weighted by molar-refractivity contribution is 0.0451. The van der Waals surface area contributed by atoms with E-state index >= 15 is 0 Å². The highest BCUT2D eigenvalue weighted by molar-refractivity contribution is 7.15. The fraction of sp³-hybridized carbons (Fsp3) is 0.250. The molecule has 0 bridgehead atoms. The SMILES string of the molecule is Cc1cccc(-c2sc(C)nc2C(=O)N2CC[C@@H]2CNC(=O)c2cccc3ocnc23)c1. The number of likely N-dealkylation sites (tertiary alicyclic amines) is 1. The average molecular weight is 447 g/mol. The van der Waals surface area contributed by atoms with E-state index in [9.17, 15) is 9.59 Å². The molecule has 2 aromatic carbocycles. The molecule has 0 aliphatic carbocycles. The van der Waals surface area contributed by atoms with E-state index in [-0.39, 0.29) is 17.9 Å². The van der Waals surface area contributed by atoms with E-state index in [2.05, 4.69) is 21.4 Å². The van der Waals surface area contributed by atoms with Gasteiger partial charge in [0.2, 0.25) is 0 Å². The van der Waals surface area contributed by atoms with Gasteiger partial charge >= 0.3 is 0 Å². The number of oxazole rings is 1. The van der Waals surface area contributed by atoms with Crippen LogP contribution in [0.3, 0.4) is 0 Å². The van der Waals surface area contributed by atoms with Gasteiger partial charge in [0.05, 0.1) is 21.5 Å². The van der Waals surface area contributed by atoms with E-state index in [0.717, 1.165) is 27.4 Å². The maximum Gasteiger partial charge on any atom is 0.274 e. The first-order chi connectivity index (χ1) is 15.5. The van der Waals surface area contributed by atoms with Crippen LogP contribution in [0.15, 0.2) is 53.3 Å². The highest BCUT2D eigenvalue weighted by Crippen LogP contribution is 2.33. The van der Waals surface area contributed by atoms with E-state index in [4.69, 9.17) is 4.42 Å². The lowest BCUT2D eigenvalue weighted by Crippen LogP contribution is -2.56. The molecule has 8 heteroatoms. The van der Waals surface area contributed by atoms with Gasteiger partial charge in [-0.05, 0) is 38.0 Å². The van der Waals surface area contributed by atoms with Crippen molar-refractivity contribution in [2.45, 2.75) is 26.3 Å². The Hall–Kier alpha value is -3.52. The molecule has 1 aliphatic heterocycles.